The highest BCUT2D eigenvalue weighted by Crippen LogP contribution is 2.02. The monoisotopic (exact) mass is 248 g/mol. The fraction of sp³-hybridized carbons (Fsp3) is 0.500. The number of ether oxygens (including phenoxy) is 2. The largest absolute Gasteiger partial charge is 0.351 e. The van der Waals surface area contributed by atoms with Crippen molar-refractivity contribution in [1.29, 1.82) is 0 Å². The van der Waals surface area contributed by atoms with Gasteiger partial charge in [0.15, 0.2) is 0 Å². The topological polar surface area (TPSA) is 18.5 Å². The minimum atomic E-state index is 0.123. The number of rotatable bonds is 9. The minimum absolute atomic E-state index is 0.123. The summed E-state index contributed by atoms with van der Waals surface area (Å²) < 4.78 is 11.0. The van der Waals surface area contributed by atoms with E-state index in [2.05, 4.69) is 19.1 Å². The average Bonchev–Trinajstić information content (AvgIpc) is 2.41. The maximum Gasteiger partial charge on any atom is 0.147 e. The molecule has 0 N–H and O–H groups in total. The Hall–Kier alpha value is -1.12. The van der Waals surface area contributed by atoms with Crippen LogP contribution in [0.4, 0.5) is 0 Å². The van der Waals surface area contributed by atoms with Crippen LogP contribution in [-0.4, -0.2) is 12.9 Å². The van der Waals surface area contributed by atoms with Gasteiger partial charge in [-0.05, 0) is 18.9 Å². The molecule has 1 rings (SSSR count). The van der Waals surface area contributed by atoms with E-state index in [1.807, 2.05) is 37.3 Å². The van der Waals surface area contributed by atoms with Gasteiger partial charge in [-0.1, -0.05) is 62.2 Å². The van der Waals surface area contributed by atoms with Crippen LogP contribution in [0.25, 0.3) is 0 Å². The lowest BCUT2D eigenvalue weighted by Gasteiger charge is -2.09. The van der Waals surface area contributed by atoms with Gasteiger partial charge in [0.2, 0.25) is 0 Å². The van der Waals surface area contributed by atoms with Gasteiger partial charge in [-0.25, -0.2) is 0 Å². The van der Waals surface area contributed by atoms with Crippen molar-refractivity contribution in [2.45, 2.75) is 45.8 Å². The number of hydrogen-bond acceptors (Lipinski definition) is 2. The average molecular weight is 248 g/mol. The predicted octanol–water partition coefficient (Wildman–Crippen LogP) is 4.31. The highest BCUT2D eigenvalue weighted by molar-refractivity contribution is 5.13. The SMILES string of the molecule is CCCC/C=C/C(C)OCOCc1ccccc1. The molecule has 0 fully saturated rings. The second-order valence-electron chi connectivity index (χ2n) is 4.39. The van der Waals surface area contributed by atoms with Crippen LogP contribution in [0.1, 0.15) is 38.7 Å². The highest BCUT2D eigenvalue weighted by atomic mass is 16.7. The van der Waals surface area contributed by atoms with E-state index in [0.29, 0.717) is 13.4 Å². The Bertz CT molecular complexity index is 319. The molecule has 0 bridgehead atoms. The maximum atomic E-state index is 5.53. The standard InChI is InChI=1S/C16H24O2/c1-3-4-5-7-10-15(2)18-14-17-13-16-11-8-6-9-12-16/h6-12,15H,3-5,13-14H2,1-2H3/b10-7+. The molecule has 2 nitrogen and oxygen atoms in total. The van der Waals surface area contributed by atoms with E-state index in [-0.39, 0.29) is 6.10 Å². The molecule has 0 saturated heterocycles. The van der Waals surface area contributed by atoms with Crippen LogP contribution in [0.5, 0.6) is 0 Å². The van der Waals surface area contributed by atoms with E-state index in [0.717, 1.165) is 6.42 Å². The summed E-state index contributed by atoms with van der Waals surface area (Å²) in [5.41, 5.74) is 1.17. The molecule has 0 heterocycles. The van der Waals surface area contributed by atoms with Crippen molar-refractivity contribution in [1.82, 2.24) is 0 Å². The van der Waals surface area contributed by atoms with Crippen LogP contribution in [0.15, 0.2) is 42.5 Å². The van der Waals surface area contributed by atoms with Crippen LogP contribution < -0.4 is 0 Å². The van der Waals surface area contributed by atoms with Crippen LogP contribution in [0.2, 0.25) is 0 Å². The normalized spacial score (nSPS) is 13.0. The number of unbranched alkanes of at least 4 members (excludes halogenated alkanes) is 2. The molecular weight excluding hydrogens is 224 g/mol. The third-order valence-electron chi connectivity index (χ3n) is 2.66. The summed E-state index contributed by atoms with van der Waals surface area (Å²) in [7, 11) is 0. The van der Waals surface area contributed by atoms with Crippen molar-refractivity contribution < 1.29 is 9.47 Å². The Kier molecular flexibility index (Phi) is 8.19. The highest BCUT2D eigenvalue weighted by Gasteiger charge is 1.96. The molecule has 18 heavy (non-hydrogen) atoms. The molecule has 0 amide bonds. The molecule has 0 aliphatic carbocycles. The lowest BCUT2D eigenvalue weighted by molar-refractivity contribution is -0.0775. The summed E-state index contributed by atoms with van der Waals surface area (Å²) in [6.45, 7) is 5.18. The van der Waals surface area contributed by atoms with Gasteiger partial charge in [-0.3, -0.25) is 0 Å². The molecule has 0 saturated carbocycles. The zero-order valence-electron chi connectivity index (χ0n) is 11.5. The molecule has 0 spiro atoms. The predicted molar refractivity (Wildman–Crippen MR) is 75.3 cm³/mol. The summed E-state index contributed by atoms with van der Waals surface area (Å²) in [6.07, 6.45) is 8.02. The van der Waals surface area contributed by atoms with E-state index in [9.17, 15) is 0 Å². The summed E-state index contributed by atoms with van der Waals surface area (Å²) >= 11 is 0. The van der Waals surface area contributed by atoms with Crippen molar-refractivity contribution in [3.63, 3.8) is 0 Å². The van der Waals surface area contributed by atoms with E-state index in [4.69, 9.17) is 9.47 Å². The summed E-state index contributed by atoms with van der Waals surface area (Å²) in [4.78, 5) is 0. The fourth-order valence-electron chi connectivity index (χ4n) is 1.55. The van der Waals surface area contributed by atoms with Crippen LogP contribution in [0.3, 0.4) is 0 Å². The number of benzene rings is 1. The second kappa shape index (κ2) is 9.86. The maximum absolute atomic E-state index is 5.53. The molecular formula is C16H24O2. The summed E-state index contributed by atoms with van der Waals surface area (Å²) in [5.74, 6) is 0. The molecule has 1 atom stereocenters. The molecule has 1 aromatic carbocycles. The summed E-state index contributed by atoms with van der Waals surface area (Å²) in [6, 6.07) is 10.1. The zero-order valence-corrected chi connectivity index (χ0v) is 11.5. The Labute approximate surface area is 111 Å². The lowest BCUT2D eigenvalue weighted by Crippen LogP contribution is -2.08. The third-order valence-corrected chi connectivity index (χ3v) is 2.66. The smallest absolute Gasteiger partial charge is 0.147 e. The van der Waals surface area contributed by atoms with Gasteiger partial charge in [0.05, 0.1) is 12.7 Å². The first-order valence-electron chi connectivity index (χ1n) is 6.73. The van der Waals surface area contributed by atoms with Crippen molar-refractivity contribution in [3.8, 4) is 0 Å². The minimum Gasteiger partial charge on any atom is -0.351 e. The van der Waals surface area contributed by atoms with Gasteiger partial charge in [0.25, 0.3) is 0 Å². The van der Waals surface area contributed by atoms with Crippen LogP contribution in [0, 0.1) is 0 Å². The second-order valence-corrected chi connectivity index (χ2v) is 4.39. The molecule has 1 unspecified atom stereocenters. The van der Waals surface area contributed by atoms with Gasteiger partial charge in [-0.2, -0.15) is 0 Å². The van der Waals surface area contributed by atoms with Crippen LogP contribution >= 0.6 is 0 Å². The Morgan fingerprint density at radius 1 is 1.22 bits per heavy atom. The van der Waals surface area contributed by atoms with Crippen molar-refractivity contribution in [3.05, 3.63) is 48.0 Å². The van der Waals surface area contributed by atoms with Crippen LogP contribution in [-0.2, 0) is 16.1 Å². The van der Waals surface area contributed by atoms with E-state index in [1.165, 1.54) is 18.4 Å². The van der Waals surface area contributed by atoms with Gasteiger partial charge in [0.1, 0.15) is 6.79 Å². The van der Waals surface area contributed by atoms with Gasteiger partial charge in [0, 0.05) is 0 Å². The third kappa shape index (κ3) is 7.25. The Morgan fingerprint density at radius 2 is 2.00 bits per heavy atom. The van der Waals surface area contributed by atoms with E-state index >= 15 is 0 Å². The van der Waals surface area contributed by atoms with Gasteiger partial charge >= 0.3 is 0 Å². The Balaban J connectivity index is 2.05. The molecule has 100 valence electrons. The Morgan fingerprint density at radius 3 is 2.72 bits per heavy atom. The van der Waals surface area contributed by atoms with Crippen molar-refractivity contribution in [2.24, 2.45) is 0 Å². The van der Waals surface area contributed by atoms with E-state index < -0.39 is 0 Å². The first kappa shape index (κ1) is 14.9. The first-order valence-corrected chi connectivity index (χ1v) is 6.73. The quantitative estimate of drug-likeness (QED) is 0.368. The molecule has 0 aliphatic rings. The fourth-order valence-corrected chi connectivity index (χ4v) is 1.55. The molecule has 0 aliphatic heterocycles. The van der Waals surface area contributed by atoms with E-state index in [1.54, 1.807) is 0 Å². The molecule has 2 heteroatoms. The van der Waals surface area contributed by atoms with Crippen molar-refractivity contribution in [2.75, 3.05) is 6.79 Å². The van der Waals surface area contributed by atoms with Gasteiger partial charge < -0.3 is 9.47 Å². The first-order chi connectivity index (χ1) is 8.83. The molecule has 0 radical (unpaired) electrons. The number of allylic oxidation sites excluding steroid dienone is 1. The lowest BCUT2D eigenvalue weighted by atomic mass is 10.2. The molecule has 0 aromatic heterocycles. The number of hydrogen-bond donors (Lipinski definition) is 0. The van der Waals surface area contributed by atoms with Crippen molar-refractivity contribution >= 4 is 0 Å². The zero-order chi connectivity index (χ0) is 13.1. The molecule has 1 aromatic rings. The summed E-state index contributed by atoms with van der Waals surface area (Å²) in [5, 5.41) is 0. The van der Waals surface area contributed by atoms with Gasteiger partial charge in [-0.15, -0.1) is 0 Å².